The van der Waals surface area contributed by atoms with Crippen LogP contribution >= 0.6 is 18.7 Å². The van der Waals surface area contributed by atoms with E-state index in [-0.39, 0.29) is 0 Å². The minimum atomic E-state index is -1.70. The van der Waals surface area contributed by atoms with Gasteiger partial charge in [-0.2, -0.15) is 0 Å². The van der Waals surface area contributed by atoms with E-state index >= 15 is 0 Å². The number of rotatable bonds is 1. The molecule has 0 spiro atoms. The molecule has 0 saturated carbocycles. The number of hydrogen-bond acceptors (Lipinski definition) is 1. The van der Waals surface area contributed by atoms with Crippen molar-refractivity contribution >= 4 is 24.0 Å². The van der Waals surface area contributed by atoms with Crippen LogP contribution in [0.4, 0.5) is 0 Å². The van der Waals surface area contributed by atoms with E-state index in [0.29, 0.717) is 10.3 Å². The Balaban J connectivity index is 2.54. The molecule has 0 radical (unpaired) electrons. The molecule has 1 aromatic carbocycles. The molecular formula is C14H23PS. The number of thiol groups is 1. The van der Waals surface area contributed by atoms with Crippen LogP contribution in [-0.2, 0) is 0 Å². The summed E-state index contributed by atoms with van der Waals surface area (Å²) in [6, 6.07) is 10.9. The van der Waals surface area contributed by atoms with Gasteiger partial charge < -0.3 is 0 Å². The summed E-state index contributed by atoms with van der Waals surface area (Å²) in [5, 5.41) is 2.24. The summed E-state index contributed by atoms with van der Waals surface area (Å²) >= 11 is 5.22. The zero-order chi connectivity index (χ0) is 12.2. The predicted octanol–water partition coefficient (Wildman–Crippen LogP) is 4.11. The zero-order valence-electron chi connectivity index (χ0n) is 10.9. The summed E-state index contributed by atoms with van der Waals surface area (Å²) in [7, 11) is 0. The van der Waals surface area contributed by atoms with Gasteiger partial charge in [0.1, 0.15) is 0 Å². The SMILES string of the molecule is CC1C(C)(C)[PH](S)(c2ccccc2)C1(C)C. The molecule has 0 nitrogen and oxygen atoms in total. The average molecular weight is 254 g/mol. The summed E-state index contributed by atoms with van der Waals surface area (Å²) < 4.78 is 0. The van der Waals surface area contributed by atoms with Crippen molar-refractivity contribution in [1.29, 1.82) is 0 Å². The van der Waals surface area contributed by atoms with Gasteiger partial charge in [-0.05, 0) is 0 Å². The van der Waals surface area contributed by atoms with Gasteiger partial charge >= 0.3 is 105 Å². The second kappa shape index (κ2) is 3.50. The Bertz CT molecular complexity index is 378. The van der Waals surface area contributed by atoms with Crippen LogP contribution in [0.5, 0.6) is 0 Å². The quantitative estimate of drug-likeness (QED) is 0.566. The average Bonchev–Trinajstić information content (AvgIpc) is 2.27. The molecule has 0 unspecified atom stereocenters. The van der Waals surface area contributed by atoms with Crippen LogP contribution in [0.15, 0.2) is 30.3 Å². The topological polar surface area (TPSA) is 0 Å². The van der Waals surface area contributed by atoms with Gasteiger partial charge in [0.25, 0.3) is 0 Å². The van der Waals surface area contributed by atoms with Crippen LogP contribution in [0.2, 0.25) is 0 Å². The third-order valence-electron chi connectivity index (χ3n) is 5.22. The van der Waals surface area contributed by atoms with Gasteiger partial charge in [-0.1, -0.05) is 0 Å². The molecule has 90 valence electrons. The fourth-order valence-electron chi connectivity index (χ4n) is 3.70. The molecule has 1 heterocycles. The number of hydrogen-bond donors (Lipinski definition) is 1. The van der Waals surface area contributed by atoms with Gasteiger partial charge in [-0.15, -0.1) is 0 Å². The van der Waals surface area contributed by atoms with Gasteiger partial charge in [0.2, 0.25) is 0 Å². The van der Waals surface area contributed by atoms with E-state index in [0.717, 1.165) is 5.92 Å². The molecule has 1 aliphatic rings. The molecule has 0 amide bonds. The van der Waals surface area contributed by atoms with Crippen LogP contribution in [0.25, 0.3) is 0 Å². The van der Waals surface area contributed by atoms with E-state index in [1.807, 2.05) is 0 Å². The standard InChI is InChI=1S/C14H23PS/c1-11-13(2,3)15(16,14(11,4)5)12-9-7-6-8-10-12/h6-11,15-16H,1-5H3. The van der Waals surface area contributed by atoms with Crippen molar-refractivity contribution < 1.29 is 0 Å². The van der Waals surface area contributed by atoms with Crippen LogP contribution in [-0.4, -0.2) is 10.3 Å². The monoisotopic (exact) mass is 254 g/mol. The Morgan fingerprint density at radius 3 is 1.88 bits per heavy atom. The Kier molecular flexibility index (Phi) is 2.72. The molecule has 1 fully saturated rings. The first kappa shape index (κ1) is 12.5. The second-order valence-electron chi connectivity index (χ2n) is 6.24. The van der Waals surface area contributed by atoms with E-state index in [9.17, 15) is 0 Å². The molecule has 0 aliphatic carbocycles. The molecule has 0 bridgehead atoms. The zero-order valence-corrected chi connectivity index (χ0v) is 12.8. The Morgan fingerprint density at radius 2 is 1.44 bits per heavy atom. The molecule has 0 N–H and O–H groups in total. The molecule has 16 heavy (non-hydrogen) atoms. The molecule has 2 rings (SSSR count). The van der Waals surface area contributed by atoms with Gasteiger partial charge in [-0.25, -0.2) is 0 Å². The fraction of sp³-hybridized carbons (Fsp3) is 0.571. The van der Waals surface area contributed by atoms with Crippen molar-refractivity contribution in [2.75, 3.05) is 0 Å². The Hall–Kier alpha value is 0. The molecule has 1 aliphatic heterocycles. The molecule has 0 aromatic heterocycles. The predicted molar refractivity (Wildman–Crippen MR) is 80.7 cm³/mol. The third-order valence-corrected chi connectivity index (χ3v) is 15.2. The first-order valence-electron chi connectivity index (χ1n) is 6.04. The molecule has 0 atom stereocenters. The molecule has 1 aromatic rings. The maximum atomic E-state index is 5.22. The van der Waals surface area contributed by atoms with Crippen LogP contribution in [0, 0.1) is 5.92 Å². The summed E-state index contributed by atoms with van der Waals surface area (Å²) in [5.41, 5.74) is 0. The van der Waals surface area contributed by atoms with Crippen LogP contribution in [0.1, 0.15) is 34.6 Å². The van der Waals surface area contributed by atoms with E-state index in [2.05, 4.69) is 65.0 Å². The first-order chi connectivity index (χ1) is 7.26. The third kappa shape index (κ3) is 1.22. The van der Waals surface area contributed by atoms with E-state index in [1.165, 1.54) is 5.30 Å². The second-order valence-corrected chi connectivity index (χ2v) is 12.8. The summed E-state index contributed by atoms with van der Waals surface area (Å²) in [4.78, 5) is 0. The minimum absolute atomic E-state index is 0.376. The number of benzene rings is 1. The summed E-state index contributed by atoms with van der Waals surface area (Å²) in [5.74, 6) is 0.740. The maximum absolute atomic E-state index is 5.22. The first-order valence-corrected chi connectivity index (χ1v) is 9.33. The molecule has 2 heteroatoms. The van der Waals surface area contributed by atoms with Crippen LogP contribution < -0.4 is 5.30 Å². The van der Waals surface area contributed by atoms with Gasteiger partial charge in [0.05, 0.1) is 0 Å². The van der Waals surface area contributed by atoms with E-state index in [4.69, 9.17) is 12.2 Å². The Labute approximate surface area is 105 Å². The molecular weight excluding hydrogens is 231 g/mol. The van der Waals surface area contributed by atoms with Crippen molar-refractivity contribution in [3.05, 3.63) is 30.3 Å². The van der Waals surface area contributed by atoms with Crippen LogP contribution in [0.3, 0.4) is 0 Å². The van der Waals surface area contributed by atoms with Gasteiger partial charge in [0, 0.05) is 0 Å². The van der Waals surface area contributed by atoms with E-state index in [1.54, 1.807) is 0 Å². The van der Waals surface area contributed by atoms with Crippen molar-refractivity contribution in [3.63, 3.8) is 0 Å². The van der Waals surface area contributed by atoms with E-state index < -0.39 is 6.46 Å². The fourth-order valence-corrected chi connectivity index (χ4v) is 10.9. The normalized spacial score (nSPS) is 31.5. The Morgan fingerprint density at radius 1 is 1.00 bits per heavy atom. The van der Waals surface area contributed by atoms with Crippen molar-refractivity contribution in [2.45, 2.75) is 44.9 Å². The van der Waals surface area contributed by atoms with Crippen molar-refractivity contribution in [3.8, 4) is 0 Å². The van der Waals surface area contributed by atoms with Gasteiger partial charge in [0.15, 0.2) is 0 Å². The van der Waals surface area contributed by atoms with Gasteiger partial charge in [-0.3, -0.25) is 0 Å². The summed E-state index contributed by atoms with van der Waals surface area (Å²) in [6.45, 7) is 10.3. The van der Waals surface area contributed by atoms with Crippen molar-refractivity contribution in [2.24, 2.45) is 5.92 Å². The van der Waals surface area contributed by atoms with Crippen molar-refractivity contribution in [1.82, 2.24) is 0 Å². The molecule has 1 saturated heterocycles. The summed E-state index contributed by atoms with van der Waals surface area (Å²) in [6.07, 6.45) is 0.